The molecule has 4 rings (SSSR count). The maximum atomic E-state index is 2.70. The lowest BCUT2D eigenvalue weighted by molar-refractivity contribution is 0.398. The highest BCUT2D eigenvalue weighted by Crippen LogP contribution is 2.57. The SMILES string of the molecule is CC=C(CCCCC)c1cc2c(c3ccccc13)-c1ccc(C)cc1C2(CCCCCCCC)CCCCCCCC. The molecule has 0 aromatic heterocycles. The van der Waals surface area contributed by atoms with Crippen molar-refractivity contribution in [2.45, 2.75) is 156 Å². The van der Waals surface area contributed by atoms with Gasteiger partial charge in [0.2, 0.25) is 0 Å². The van der Waals surface area contributed by atoms with Crippen LogP contribution in [0.5, 0.6) is 0 Å². The van der Waals surface area contributed by atoms with Gasteiger partial charge >= 0.3 is 0 Å². The van der Waals surface area contributed by atoms with Crippen LogP contribution in [-0.4, -0.2) is 0 Å². The first-order valence-corrected chi connectivity index (χ1v) is 17.9. The third-order valence-electron chi connectivity index (χ3n) is 10.2. The van der Waals surface area contributed by atoms with Crippen LogP contribution in [0.3, 0.4) is 0 Å². The highest BCUT2D eigenvalue weighted by molar-refractivity contribution is 6.07. The molecule has 0 heteroatoms. The summed E-state index contributed by atoms with van der Waals surface area (Å²) in [5.74, 6) is 0. The first-order valence-electron chi connectivity index (χ1n) is 17.9. The second-order valence-corrected chi connectivity index (χ2v) is 13.3. The Morgan fingerprint density at radius 1 is 0.619 bits per heavy atom. The molecule has 0 nitrogen and oxygen atoms in total. The minimum atomic E-state index is 0.132. The molecule has 0 aliphatic heterocycles. The third kappa shape index (κ3) is 7.41. The van der Waals surface area contributed by atoms with Crippen LogP contribution in [0, 0.1) is 6.92 Å². The number of rotatable bonds is 19. The molecule has 0 radical (unpaired) electrons. The van der Waals surface area contributed by atoms with E-state index in [9.17, 15) is 0 Å². The van der Waals surface area contributed by atoms with Gasteiger partial charge in [-0.05, 0) is 89.8 Å². The minimum absolute atomic E-state index is 0.132. The average molecular weight is 565 g/mol. The predicted molar refractivity (Wildman–Crippen MR) is 189 cm³/mol. The van der Waals surface area contributed by atoms with Crippen LogP contribution < -0.4 is 0 Å². The monoisotopic (exact) mass is 564 g/mol. The van der Waals surface area contributed by atoms with E-state index in [1.165, 1.54) is 143 Å². The Balaban J connectivity index is 1.83. The fourth-order valence-corrected chi connectivity index (χ4v) is 7.80. The lowest BCUT2D eigenvalue weighted by Gasteiger charge is -2.34. The minimum Gasteiger partial charge on any atom is -0.0838 e. The van der Waals surface area contributed by atoms with Crippen molar-refractivity contribution in [3.8, 4) is 11.1 Å². The van der Waals surface area contributed by atoms with Gasteiger partial charge < -0.3 is 0 Å². The molecule has 42 heavy (non-hydrogen) atoms. The molecular weight excluding hydrogens is 504 g/mol. The summed E-state index contributed by atoms with van der Waals surface area (Å²) in [6, 6.07) is 19.4. The van der Waals surface area contributed by atoms with Gasteiger partial charge in [0.15, 0.2) is 0 Å². The Morgan fingerprint density at radius 2 is 1.19 bits per heavy atom. The Hall–Kier alpha value is -2.34. The fraction of sp³-hybridized carbons (Fsp3) is 0.571. The molecule has 3 aromatic carbocycles. The summed E-state index contributed by atoms with van der Waals surface area (Å²) >= 11 is 0. The van der Waals surface area contributed by atoms with Crippen molar-refractivity contribution in [2.75, 3.05) is 0 Å². The van der Waals surface area contributed by atoms with Crippen LogP contribution in [0.4, 0.5) is 0 Å². The predicted octanol–water partition coefficient (Wildman–Crippen LogP) is 13.9. The maximum absolute atomic E-state index is 2.70. The van der Waals surface area contributed by atoms with Gasteiger partial charge in [0.1, 0.15) is 0 Å². The number of hydrogen-bond acceptors (Lipinski definition) is 0. The normalized spacial score (nSPS) is 14.0. The molecule has 1 aliphatic carbocycles. The summed E-state index contributed by atoms with van der Waals surface area (Å²) in [4.78, 5) is 0. The largest absolute Gasteiger partial charge is 0.0838 e. The van der Waals surface area contributed by atoms with Crippen molar-refractivity contribution < 1.29 is 0 Å². The van der Waals surface area contributed by atoms with E-state index in [4.69, 9.17) is 0 Å². The molecule has 0 fully saturated rings. The highest BCUT2D eigenvalue weighted by Gasteiger charge is 2.43. The zero-order chi connectivity index (χ0) is 29.8. The number of fused-ring (bicyclic) bond motifs is 5. The van der Waals surface area contributed by atoms with E-state index in [1.54, 1.807) is 22.3 Å². The highest BCUT2D eigenvalue weighted by atomic mass is 14.5. The zero-order valence-corrected chi connectivity index (χ0v) is 27.9. The summed E-state index contributed by atoms with van der Waals surface area (Å²) < 4.78 is 0. The van der Waals surface area contributed by atoms with Crippen molar-refractivity contribution in [3.63, 3.8) is 0 Å². The zero-order valence-electron chi connectivity index (χ0n) is 27.9. The quantitative estimate of drug-likeness (QED) is 0.127. The van der Waals surface area contributed by atoms with Gasteiger partial charge in [-0.3, -0.25) is 0 Å². The number of benzene rings is 3. The number of unbranched alkanes of at least 4 members (excludes halogenated alkanes) is 12. The van der Waals surface area contributed by atoms with Crippen LogP contribution in [-0.2, 0) is 5.41 Å². The van der Waals surface area contributed by atoms with Crippen molar-refractivity contribution in [1.82, 2.24) is 0 Å². The van der Waals surface area contributed by atoms with Gasteiger partial charge in [-0.1, -0.05) is 165 Å². The molecule has 0 atom stereocenters. The lowest BCUT2D eigenvalue weighted by atomic mass is 9.69. The maximum Gasteiger partial charge on any atom is 0.0215 e. The molecule has 0 saturated carbocycles. The van der Waals surface area contributed by atoms with Gasteiger partial charge in [0.05, 0.1) is 0 Å². The van der Waals surface area contributed by atoms with Crippen LogP contribution >= 0.6 is 0 Å². The van der Waals surface area contributed by atoms with Crippen LogP contribution in [0.1, 0.15) is 166 Å². The fourth-order valence-electron chi connectivity index (χ4n) is 7.80. The molecule has 0 saturated heterocycles. The van der Waals surface area contributed by atoms with E-state index in [2.05, 4.69) is 89.2 Å². The Labute approximate surface area is 259 Å². The second kappa shape index (κ2) is 16.5. The van der Waals surface area contributed by atoms with E-state index >= 15 is 0 Å². The number of hydrogen-bond donors (Lipinski definition) is 0. The van der Waals surface area contributed by atoms with Crippen LogP contribution in [0.25, 0.3) is 27.5 Å². The van der Waals surface area contributed by atoms with Gasteiger partial charge in [0, 0.05) is 5.41 Å². The van der Waals surface area contributed by atoms with Gasteiger partial charge in [0.25, 0.3) is 0 Å². The number of allylic oxidation sites excluding steroid dienone is 2. The summed E-state index contributed by atoms with van der Waals surface area (Å²) in [7, 11) is 0. The molecule has 0 N–H and O–H groups in total. The summed E-state index contributed by atoms with van der Waals surface area (Å²) in [6.45, 7) is 11.5. The van der Waals surface area contributed by atoms with Crippen LogP contribution in [0.15, 0.2) is 54.6 Å². The van der Waals surface area contributed by atoms with Crippen molar-refractivity contribution in [2.24, 2.45) is 0 Å². The standard InChI is InChI=1S/C42H60/c1-6-10-13-15-17-22-29-42(30-23-18-16-14-11-7-2)39-31-33(5)27-28-37(39)41-36-26-21-20-25-35(36)38(32-40(41)42)34(9-4)24-19-12-8-3/h9,20-21,25-28,31-32H,6-8,10-19,22-24,29-30H2,1-5H3. The molecule has 0 unspecified atom stereocenters. The van der Waals surface area contributed by atoms with E-state index in [0.717, 1.165) is 0 Å². The van der Waals surface area contributed by atoms with Crippen molar-refractivity contribution in [1.29, 1.82) is 0 Å². The average Bonchev–Trinajstić information content (AvgIpc) is 3.27. The first-order chi connectivity index (χ1) is 20.6. The Kier molecular flexibility index (Phi) is 12.8. The topological polar surface area (TPSA) is 0 Å². The van der Waals surface area contributed by atoms with Crippen molar-refractivity contribution >= 4 is 16.3 Å². The molecule has 228 valence electrons. The summed E-state index contributed by atoms with van der Waals surface area (Å²) in [5, 5.41) is 2.92. The molecule has 0 spiro atoms. The van der Waals surface area contributed by atoms with Crippen LogP contribution in [0.2, 0.25) is 0 Å². The molecule has 0 amide bonds. The van der Waals surface area contributed by atoms with E-state index in [0.29, 0.717) is 0 Å². The molecule has 0 bridgehead atoms. The van der Waals surface area contributed by atoms with E-state index < -0.39 is 0 Å². The Morgan fingerprint density at radius 3 is 1.81 bits per heavy atom. The molecule has 1 aliphatic rings. The van der Waals surface area contributed by atoms with Gasteiger partial charge in [-0.2, -0.15) is 0 Å². The third-order valence-corrected chi connectivity index (χ3v) is 10.2. The van der Waals surface area contributed by atoms with E-state index in [-0.39, 0.29) is 5.41 Å². The van der Waals surface area contributed by atoms with Crippen molar-refractivity contribution in [3.05, 3.63) is 76.9 Å². The van der Waals surface area contributed by atoms with Gasteiger partial charge in [-0.25, -0.2) is 0 Å². The summed E-state index contributed by atoms with van der Waals surface area (Å²) in [5.41, 5.74) is 10.9. The van der Waals surface area contributed by atoms with Gasteiger partial charge in [-0.15, -0.1) is 0 Å². The van der Waals surface area contributed by atoms with E-state index in [1.807, 2.05) is 0 Å². The summed E-state index contributed by atoms with van der Waals surface area (Å²) in [6.07, 6.45) is 26.4. The second-order valence-electron chi connectivity index (χ2n) is 13.3. The molecule has 3 aromatic rings. The smallest absolute Gasteiger partial charge is 0.0215 e. The number of aryl methyl sites for hydroxylation is 1. The molecule has 0 heterocycles. The first kappa shape index (κ1) is 32.6. The molecular formula is C42H60. The Bertz CT molecular complexity index is 1270. The lowest BCUT2D eigenvalue weighted by Crippen LogP contribution is -2.26.